The third-order valence-electron chi connectivity index (χ3n) is 5.71. The van der Waals surface area contributed by atoms with E-state index in [9.17, 15) is 18.0 Å². The number of alkyl halides is 3. The number of hydrogen-bond donors (Lipinski definition) is 0. The molecule has 0 N–H and O–H groups in total. The molecule has 1 saturated heterocycles. The lowest BCUT2D eigenvalue weighted by atomic mass is 9.97. The molecule has 162 valence electrons. The highest BCUT2D eigenvalue weighted by Crippen LogP contribution is 2.37. The highest BCUT2D eigenvalue weighted by molar-refractivity contribution is 5.97. The van der Waals surface area contributed by atoms with Gasteiger partial charge in [0.2, 0.25) is 0 Å². The maximum absolute atomic E-state index is 13.2. The van der Waals surface area contributed by atoms with E-state index in [1.54, 1.807) is 36.2 Å². The summed E-state index contributed by atoms with van der Waals surface area (Å²) in [7, 11) is 0. The van der Waals surface area contributed by atoms with Crippen molar-refractivity contribution in [2.75, 3.05) is 13.1 Å². The minimum atomic E-state index is -4.48. The Morgan fingerprint density at radius 1 is 1.19 bits per heavy atom. The largest absolute Gasteiger partial charge is 0.416 e. The average Bonchev–Trinajstić information content (AvgIpc) is 3.28. The van der Waals surface area contributed by atoms with Gasteiger partial charge in [0.1, 0.15) is 0 Å². The number of hydrogen-bond acceptors (Lipinski definition) is 2. The van der Waals surface area contributed by atoms with Crippen LogP contribution in [0.4, 0.5) is 18.9 Å². The Hall–Kier alpha value is -3.66. The van der Waals surface area contributed by atoms with E-state index in [0.717, 1.165) is 24.1 Å². The van der Waals surface area contributed by atoms with Crippen LogP contribution in [-0.4, -0.2) is 28.9 Å². The van der Waals surface area contributed by atoms with E-state index in [0.29, 0.717) is 35.3 Å². The van der Waals surface area contributed by atoms with E-state index in [1.165, 1.54) is 6.07 Å². The first-order valence-corrected chi connectivity index (χ1v) is 10.2. The van der Waals surface area contributed by atoms with Gasteiger partial charge >= 0.3 is 6.18 Å². The summed E-state index contributed by atoms with van der Waals surface area (Å²) < 4.78 is 39.7. The number of rotatable bonds is 3. The van der Waals surface area contributed by atoms with Crippen molar-refractivity contribution in [2.45, 2.75) is 25.4 Å². The third kappa shape index (κ3) is 4.35. The fourth-order valence-electron chi connectivity index (χ4n) is 4.12. The van der Waals surface area contributed by atoms with Gasteiger partial charge in [-0.25, -0.2) is 4.85 Å². The molecule has 1 fully saturated rings. The van der Waals surface area contributed by atoms with Crippen LogP contribution in [0.5, 0.6) is 0 Å². The summed E-state index contributed by atoms with van der Waals surface area (Å²) in [5.74, 6) is 0.0217. The average molecular weight is 435 g/mol. The summed E-state index contributed by atoms with van der Waals surface area (Å²) in [5, 5.41) is 0. The molecule has 7 heteroatoms. The molecule has 32 heavy (non-hydrogen) atoms. The van der Waals surface area contributed by atoms with Crippen molar-refractivity contribution in [3.63, 3.8) is 0 Å². The van der Waals surface area contributed by atoms with Crippen molar-refractivity contribution >= 4 is 11.6 Å². The molecule has 2 heterocycles. The number of aromatic nitrogens is 1. The van der Waals surface area contributed by atoms with Crippen molar-refractivity contribution in [3.05, 3.63) is 94.6 Å². The number of amides is 1. The van der Waals surface area contributed by atoms with E-state index >= 15 is 0 Å². The van der Waals surface area contributed by atoms with E-state index in [-0.39, 0.29) is 17.5 Å². The predicted octanol–water partition coefficient (Wildman–Crippen LogP) is 6.26. The number of carbonyl (C=O) groups excluding carboxylic acids is 1. The maximum atomic E-state index is 13.2. The number of aryl methyl sites for hydroxylation is 1. The van der Waals surface area contributed by atoms with Gasteiger partial charge in [-0.05, 0) is 59.9 Å². The highest BCUT2D eigenvalue weighted by Gasteiger charge is 2.31. The Balaban J connectivity index is 1.60. The minimum Gasteiger partial charge on any atom is -0.338 e. The van der Waals surface area contributed by atoms with Gasteiger partial charge in [0, 0.05) is 37.0 Å². The molecule has 0 bridgehead atoms. The van der Waals surface area contributed by atoms with E-state index in [2.05, 4.69) is 9.83 Å². The van der Waals surface area contributed by atoms with Crippen LogP contribution < -0.4 is 0 Å². The van der Waals surface area contributed by atoms with Crippen LogP contribution >= 0.6 is 0 Å². The molecule has 2 aromatic carbocycles. The van der Waals surface area contributed by atoms with Gasteiger partial charge in [0.25, 0.3) is 5.91 Å². The van der Waals surface area contributed by atoms with E-state index in [4.69, 9.17) is 6.57 Å². The second-order valence-corrected chi connectivity index (χ2v) is 7.95. The van der Waals surface area contributed by atoms with E-state index < -0.39 is 11.7 Å². The number of nitrogens with zero attached hydrogens (tertiary/aromatic N) is 3. The zero-order valence-corrected chi connectivity index (χ0v) is 17.4. The maximum Gasteiger partial charge on any atom is 0.416 e. The molecule has 1 atom stereocenters. The Kier molecular flexibility index (Phi) is 5.70. The quantitative estimate of drug-likeness (QED) is 0.456. The molecule has 1 aliphatic heterocycles. The second-order valence-electron chi connectivity index (χ2n) is 7.95. The molecule has 0 aliphatic carbocycles. The summed E-state index contributed by atoms with van der Waals surface area (Å²) in [5.41, 5.74) is 1.96. The number of pyridine rings is 1. The highest BCUT2D eigenvalue weighted by atomic mass is 19.4. The fraction of sp³-hybridized carbons (Fsp3) is 0.240. The van der Waals surface area contributed by atoms with Gasteiger partial charge < -0.3 is 4.90 Å². The van der Waals surface area contributed by atoms with Crippen molar-refractivity contribution in [2.24, 2.45) is 0 Å². The summed E-state index contributed by atoms with van der Waals surface area (Å²) in [6.07, 6.45) is -0.132. The lowest BCUT2D eigenvalue weighted by Gasteiger charge is -2.18. The van der Waals surface area contributed by atoms with Gasteiger partial charge in [-0.3, -0.25) is 9.78 Å². The molecule has 0 saturated carbocycles. The van der Waals surface area contributed by atoms with Crippen molar-refractivity contribution in [1.82, 2.24) is 9.88 Å². The first-order chi connectivity index (χ1) is 15.3. The minimum absolute atomic E-state index is 0.151. The number of benzene rings is 2. The van der Waals surface area contributed by atoms with Crippen LogP contribution in [0.15, 0.2) is 60.9 Å². The molecule has 3 aromatic rings. The van der Waals surface area contributed by atoms with Crippen LogP contribution in [0.3, 0.4) is 0 Å². The fourth-order valence-corrected chi connectivity index (χ4v) is 4.12. The molecule has 4 nitrogen and oxygen atoms in total. The molecule has 4 rings (SSSR count). The molecular formula is C25H20F3N3O. The number of halogens is 3. The molecule has 1 amide bonds. The van der Waals surface area contributed by atoms with Gasteiger partial charge in [-0.1, -0.05) is 24.3 Å². The van der Waals surface area contributed by atoms with Gasteiger partial charge in [-0.2, -0.15) is 13.2 Å². The molecule has 1 unspecified atom stereocenters. The monoisotopic (exact) mass is 435 g/mol. The zero-order valence-electron chi connectivity index (χ0n) is 17.4. The first-order valence-electron chi connectivity index (χ1n) is 10.2. The Labute approximate surface area is 184 Å². The number of likely N-dealkylation sites (tertiary alicyclic amines) is 1. The van der Waals surface area contributed by atoms with E-state index in [1.807, 2.05) is 18.3 Å². The zero-order chi connectivity index (χ0) is 22.9. The standard InChI is InChI=1S/C25H20F3N3O/c1-16-10-20(12-21(11-16)25(26,27)28)22-6-5-17(13-23(22)29-2)24(32)31-9-7-19(15-31)18-4-3-8-30-14-18/h3-6,8,10-14,19H,7,9,15H2,1H3. The Bertz CT molecular complexity index is 1200. The van der Waals surface area contributed by atoms with Crippen LogP contribution in [0.25, 0.3) is 16.0 Å². The predicted molar refractivity (Wildman–Crippen MR) is 115 cm³/mol. The first kappa shape index (κ1) is 21.6. The summed E-state index contributed by atoms with van der Waals surface area (Å²) in [4.78, 5) is 22.4. The van der Waals surface area contributed by atoms with Crippen molar-refractivity contribution in [1.29, 1.82) is 0 Å². The second kappa shape index (κ2) is 8.46. The van der Waals surface area contributed by atoms with Crippen molar-refractivity contribution in [3.8, 4) is 11.1 Å². The van der Waals surface area contributed by atoms with Gasteiger partial charge in [-0.15, -0.1) is 0 Å². The Morgan fingerprint density at radius 3 is 2.69 bits per heavy atom. The van der Waals surface area contributed by atoms with Crippen LogP contribution in [0.1, 0.15) is 39.4 Å². The third-order valence-corrected chi connectivity index (χ3v) is 5.71. The Morgan fingerprint density at radius 2 is 2.00 bits per heavy atom. The summed E-state index contributed by atoms with van der Waals surface area (Å²) in [6.45, 7) is 10.3. The molecule has 1 aromatic heterocycles. The molecule has 0 spiro atoms. The summed E-state index contributed by atoms with van der Waals surface area (Å²) >= 11 is 0. The molecule has 0 radical (unpaired) electrons. The smallest absolute Gasteiger partial charge is 0.338 e. The van der Waals surface area contributed by atoms with Crippen molar-refractivity contribution < 1.29 is 18.0 Å². The topological polar surface area (TPSA) is 37.6 Å². The summed E-state index contributed by atoms with van der Waals surface area (Å²) in [6, 6.07) is 12.2. The van der Waals surface area contributed by atoms with Crippen LogP contribution in [-0.2, 0) is 6.18 Å². The van der Waals surface area contributed by atoms with Crippen LogP contribution in [0, 0.1) is 13.5 Å². The molecular weight excluding hydrogens is 415 g/mol. The number of carbonyl (C=O) groups is 1. The lowest BCUT2D eigenvalue weighted by molar-refractivity contribution is -0.137. The van der Waals surface area contributed by atoms with Gasteiger partial charge in [0.15, 0.2) is 5.69 Å². The normalized spacial score (nSPS) is 16.1. The van der Waals surface area contributed by atoms with Crippen LogP contribution in [0.2, 0.25) is 0 Å². The van der Waals surface area contributed by atoms with Gasteiger partial charge in [0.05, 0.1) is 12.1 Å². The molecule has 1 aliphatic rings. The lowest BCUT2D eigenvalue weighted by Crippen LogP contribution is -2.28. The SMILES string of the molecule is [C-]#[N+]c1cc(C(=O)N2CCC(c3cccnc3)C2)ccc1-c1cc(C)cc(C(F)(F)F)c1.